The number of aryl methyl sites for hydroxylation is 2. The number of ether oxygens (including phenoxy) is 1. The number of likely N-dealkylation sites (N-methyl/N-ethyl adjacent to an activating group) is 1. The van der Waals surface area contributed by atoms with Gasteiger partial charge in [-0.2, -0.15) is 5.10 Å². The van der Waals surface area contributed by atoms with E-state index in [0.717, 1.165) is 48.6 Å². The summed E-state index contributed by atoms with van der Waals surface area (Å²) in [5, 5.41) is 8.82. The van der Waals surface area contributed by atoms with Crippen molar-refractivity contribution in [2.24, 2.45) is 7.05 Å². The number of halogens is 1. The van der Waals surface area contributed by atoms with Crippen molar-refractivity contribution >= 4 is 11.6 Å². The summed E-state index contributed by atoms with van der Waals surface area (Å²) < 4.78 is 7.56. The van der Waals surface area contributed by atoms with Gasteiger partial charge in [-0.05, 0) is 19.4 Å². The van der Waals surface area contributed by atoms with E-state index in [-0.39, 0.29) is 12.1 Å². The highest BCUT2D eigenvalue weighted by atomic mass is 35.5. The number of hydrogen-bond donors (Lipinski definition) is 1. The topological polar surface area (TPSA) is 39.1 Å². The van der Waals surface area contributed by atoms with Crippen LogP contribution in [0.1, 0.15) is 45.0 Å². The van der Waals surface area contributed by atoms with Crippen LogP contribution in [0.5, 0.6) is 0 Å². The first-order chi connectivity index (χ1) is 9.58. The van der Waals surface area contributed by atoms with Crippen molar-refractivity contribution in [3.05, 3.63) is 16.4 Å². The van der Waals surface area contributed by atoms with Gasteiger partial charge in [0.15, 0.2) is 0 Å². The molecule has 0 aliphatic heterocycles. The molecule has 0 bridgehead atoms. The van der Waals surface area contributed by atoms with E-state index in [4.69, 9.17) is 16.3 Å². The molecule has 0 saturated carbocycles. The molecule has 1 aromatic rings. The zero-order valence-electron chi connectivity index (χ0n) is 13.4. The van der Waals surface area contributed by atoms with E-state index >= 15 is 0 Å². The molecule has 2 unspecified atom stereocenters. The Morgan fingerprint density at radius 2 is 2.05 bits per heavy atom. The molecule has 2 atom stereocenters. The fourth-order valence-corrected chi connectivity index (χ4v) is 2.99. The molecule has 0 aliphatic rings. The van der Waals surface area contributed by atoms with Crippen molar-refractivity contribution in [3.63, 3.8) is 0 Å². The normalized spacial score (nSPS) is 14.5. The van der Waals surface area contributed by atoms with Gasteiger partial charge < -0.3 is 10.1 Å². The van der Waals surface area contributed by atoms with E-state index in [1.165, 1.54) is 0 Å². The quantitative estimate of drug-likeness (QED) is 0.762. The van der Waals surface area contributed by atoms with Crippen LogP contribution in [0.15, 0.2) is 0 Å². The molecule has 0 aliphatic carbocycles. The lowest BCUT2D eigenvalue weighted by Gasteiger charge is -2.26. The lowest BCUT2D eigenvalue weighted by Crippen LogP contribution is -2.43. The van der Waals surface area contributed by atoms with Crippen LogP contribution in [0.2, 0.25) is 5.02 Å². The van der Waals surface area contributed by atoms with E-state index in [1.54, 1.807) is 7.11 Å². The Hall–Kier alpha value is -0.580. The maximum Gasteiger partial charge on any atom is 0.0850 e. The molecule has 1 N–H and O–H groups in total. The molecule has 0 amide bonds. The van der Waals surface area contributed by atoms with Crippen LogP contribution >= 0.6 is 11.6 Å². The molecule has 0 aromatic carbocycles. The van der Waals surface area contributed by atoms with Crippen molar-refractivity contribution in [1.82, 2.24) is 15.1 Å². The lowest BCUT2D eigenvalue weighted by molar-refractivity contribution is 0.0608. The van der Waals surface area contributed by atoms with Gasteiger partial charge in [0.2, 0.25) is 0 Å². The second-order valence-corrected chi connectivity index (χ2v) is 5.49. The number of hydrogen-bond acceptors (Lipinski definition) is 3. The molecule has 4 nitrogen and oxygen atoms in total. The highest BCUT2D eigenvalue weighted by molar-refractivity contribution is 6.31. The Morgan fingerprint density at radius 1 is 1.35 bits per heavy atom. The van der Waals surface area contributed by atoms with Gasteiger partial charge in [0.25, 0.3) is 0 Å². The standard InChI is InChI=1S/C15H28ClN3O/c1-6-9-14(20-5)12(17-8-3)10-13-15(16)11(7-2)18-19(13)4/h12,14,17H,6-10H2,1-5H3. The van der Waals surface area contributed by atoms with Crippen LogP contribution in [0.25, 0.3) is 0 Å². The Bertz CT molecular complexity index is 406. The van der Waals surface area contributed by atoms with Crippen LogP contribution < -0.4 is 5.32 Å². The van der Waals surface area contributed by atoms with Crippen LogP contribution in [0.3, 0.4) is 0 Å². The average molecular weight is 302 g/mol. The van der Waals surface area contributed by atoms with Gasteiger partial charge in [-0.3, -0.25) is 4.68 Å². The zero-order chi connectivity index (χ0) is 15.1. The van der Waals surface area contributed by atoms with E-state index < -0.39 is 0 Å². The Balaban J connectivity index is 2.92. The fourth-order valence-electron chi connectivity index (χ4n) is 2.61. The SMILES string of the molecule is CCCC(OC)C(Cc1c(Cl)c(CC)nn1C)NCC. The summed E-state index contributed by atoms with van der Waals surface area (Å²) in [6, 6.07) is 0.266. The first-order valence-corrected chi connectivity index (χ1v) is 7.93. The van der Waals surface area contributed by atoms with Gasteiger partial charge in [-0.25, -0.2) is 0 Å². The summed E-state index contributed by atoms with van der Waals surface area (Å²) in [4.78, 5) is 0. The first-order valence-electron chi connectivity index (χ1n) is 7.55. The van der Waals surface area contributed by atoms with Crippen molar-refractivity contribution < 1.29 is 4.74 Å². The largest absolute Gasteiger partial charge is 0.380 e. The molecule has 1 rings (SSSR count). The molecule has 116 valence electrons. The Labute approximate surface area is 127 Å². The fraction of sp³-hybridized carbons (Fsp3) is 0.800. The van der Waals surface area contributed by atoms with E-state index in [1.807, 2.05) is 11.7 Å². The average Bonchev–Trinajstić information content (AvgIpc) is 2.71. The second-order valence-electron chi connectivity index (χ2n) is 5.12. The summed E-state index contributed by atoms with van der Waals surface area (Å²) in [6.45, 7) is 7.30. The van der Waals surface area contributed by atoms with Gasteiger partial charge in [0, 0.05) is 26.6 Å². The number of methoxy groups -OCH3 is 1. The van der Waals surface area contributed by atoms with Gasteiger partial charge in [0.05, 0.1) is 22.5 Å². The first kappa shape index (κ1) is 17.5. The summed E-state index contributed by atoms with van der Waals surface area (Å²) in [5.74, 6) is 0. The smallest absolute Gasteiger partial charge is 0.0850 e. The van der Waals surface area contributed by atoms with Crippen molar-refractivity contribution in [3.8, 4) is 0 Å². The third-order valence-electron chi connectivity index (χ3n) is 3.71. The molecule has 0 fully saturated rings. The van der Waals surface area contributed by atoms with Gasteiger partial charge in [-0.1, -0.05) is 38.8 Å². The third-order valence-corrected chi connectivity index (χ3v) is 4.14. The van der Waals surface area contributed by atoms with Crippen molar-refractivity contribution in [2.45, 2.75) is 58.6 Å². The Kier molecular flexibility index (Phi) is 7.56. The maximum absolute atomic E-state index is 6.45. The summed E-state index contributed by atoms with van der Waals surface area (Å²) in [5.41, 5.74) is 2.07. The van der Waals surface area contributed by atoms with Crippen LogP contribution in [-0.2, 0) is 24.6 Å². The molecule has 1 heterocycles. The number of rotatable bonds is 9. The van der Waals surface area contributed by atoms with Crippen LogP contribution in [0, 0.1) is 0 Å². The number of aromatic nitrogens is 2. The van der Waals surface area contributed by atoms with Gasteiger partial charge >= 0.3 is 0 Å². The van der Waals surface area contributed by atoms with Crippen molar-refractivity contribution in [2.75, 3.05) is 13.7 Å². The monoisotopic (exact) mass is 301 g/mol. The maximum atomic E-state index is 6.45. The molecule has 20 heavy (non-hydrogen) atoms. The van der Waals surface area contributed by atoms with E-state index in [0.29, 0.717) is 0 Å². The number of nitrogens with zero attached hydrogens (tertiary/aromatic N) is 2. The van der Waals surface area contributed by atoms with Crippen molar-refractivity contribution in [1.29, 1.82) is 0 Å². The predicted octanol–water partition coefficient (Wildman–Crippen LogP) is 2.97. The zero-order valence-corrected chi connectivity index (χ0v) is 14.1. The highest BCUT2D eigenvalue weighted by Crippen LogP contribution is 2.23. The van der Waals surface area contributed by atoms with Gasteiger partial charge in [-0.15, -0.1) is 0 Å². The molecular formula is C15H28ClN3O. The van der Waals surface area contributed by atoms with E-state index in [2.05, 4.69) is 31.2 Å². The van der Waals surface area contributed by atoms with Gasteiger partial charge in [0.1, 0.15) is 0 Å². The Morgan fingerprint density at radius 3 is 2.50 bits per heavy atom. The predicted molar refractivity (Wildman–Crippen MR) is 84.5 cm³/mol. The van der Waals surface area contributed by atoms with E-state index in [9.17, 15) is 0 Å². The minimum atomic E-state index is 0.205. The minimum absolute atomic E-state index is 0.205. The minimum Gasteiger partial charge on any atom is -0.380 e. The lowest BCUT2D eigenvalue weighted by atomic mass is 10.0. The highest BCUT2D eigenvalue weighted by Gasteiger charge is 2.24. The molecular weight excluding hydrogens is 274 g/mol. The molecule has 0 saturated heterocycles. The second kappa shape index (κ2) is 8.65. The van der Waals surface area contributed by atoms with Crippen LogP contribution in [0.4, 0.5) is 0 Å². The third kappa shape index (κ3) is 4.21. The summed E-state index contributed by atoms with van der Waals surface area (Å²) in [6.07, 6.45) is 4.07. The molecule has 0 radical (unpaired) electrons. The summed E-state index contributed by atoms with van der Waals surface area (Å²) in [7, 11) is 3.75. The number of nitrogens with one attached hydrogen (secondary N) is 1. The van der Waals surface area contributed by atoms with Crippen LogP contribution in [-0.4, -0.2) is 35.6 Å². The summed E-state index contributed by atoms with van der Waals surface area (Å²) >= 11 is 6.45. The molecule has 5 heteroatoms. The molecule has 0 spiro atoms. The molecule has 1 aromatic heterocycles.